The molecular formula is C20H41NO3. The van der Waals surface area contributed by atoms with Crippen LogP contribution in [0.1, 0.15) is 88.0 Å². The number of ether oxygens (including phenoxy) is 2. The van der Waals surface area contributed by atoms with E-state index in [1.165, 1.54) is 0 Å². The quantitative estimate of drug-likeness (QED) is 0.553. The van der Waals surface area contributed by atoms with Crippen molar-refractivity contribution < 1.29 is 14.3 Å². The molecule has 0 spiro atoms. The van der Waals surface area contributed by atoms with Gasteiger partial charge in [-0.15, -0.1) is 0 Å². The molecule has 24 heavy (non-hydrogen) atoms. The monoisotopic (exact) mass is 343 g/mol. The number of esters is 1. The van der Waals surface area contributed by atoms with Gasteiger partial charge in [0.15, 0.2) is 0 Å². The van der Waals surface area contributed by atoms with Crippen LogP contribution in [-0.4, -0.2) is 30.3 Å². The van der Waals surface area contributed by atoms with Gasteiger partial charge in [-0.05, 0) is 51.5 Å². The Labute approximate surface area is 149 Å². The summed E-state index contributed by atoms with van der Waals surface area (Å²) in [5, 5.41) is 0. The lowest BCUT2D eigenvalue weighted by Gasteiger charge is -2.42. The van der Waals surface area contributed by atoms with Gasteiger partial charge in [0.05, 0.1) is 18.6 Å². The third-order valence-corrected chi connectivity index (χ3v) is 5.24. The average Bonchev–Trinajstić information content (AvgIpc) is 2.36. The minimum absolute atomic E-state index is 0.105. The molecule has 4 heteroatoms. The van der Waals surface area contributed by atoms with Crippen molar-refractivity contribution in [2.75, 3.05) is 13.2 Å². The second-order valence-corrected chi connectivity index (χ2v) is 9.52. The van der Waals surface area contributed by atoms with E-state index in [4.69, 9.17) is 15.2 Å². The highest BCUT2D eigenvalue weighted by molar-refractivity contribution is 5.70. The topological polar surface area (TPSA) is 61.5 Å². The molecule has 0 unspecified atom stereocenters. The molecule has 0 aromatic carbocycles. The SMILES string of the molecule is CCCC(C)(C)C(C)(C)OCCC(C)(C)OC(=O)CC(C)(C)CN. The van der Waals surface area contributed by atoms with Crippen molar-refractivity contribution in [3.05, 3.63) is 0 Å². The number of hydrogen-bond donors (Lipinski definition) is 1. The van der Waals surface area contributed by atoms with Crippen LogP contribution in [0.25, 0.3) is 0 Å². The number of nitrogens with two attached hydrogens (primary N) is 1. The first-order chi connectivity index (χ1) is 10.7. The van der Waals surface area contributed by atoms with Crippen molar-refractivity contribution in [3.63, 3.8) is 0 Å². The maximum absolute atomic E-state index is 12.1. The van der Waals surface area contributed by atoms with Crippen LogP contribution in [0.2, 0.25) is 0 Å². The minimum atomic E-state index is -0.535. The summed E-state index contributed by atoms with van der Waals surface area (Å²) in [6, 6.07) is 0. The number of hydrogen-bond acceptors (Lipinski definition) is 4. The Morgan fingerprint density at radius 3 is 1.96 bits per heavy atom. The number of rotatable bonds is 11. The Morgan fingerprint density at radius 2 is 1.50 bits per heavy atom. The van der Waals surface area contributed by atoms with Crippen LogP contribution in [0.3, 0.4) is 0 Å². The molecule has 0 fully saturated rings. The molecule has 2 N–H and O–H groups in total. The van der Waals surface area contributed by atoms with E-state index >= 15 is 0 Å². The molecule has 4 nitrogen and oxygen atoms in total. The molecule has 0 aliphatic carbocycles. The minimum Gasteiger partial charge on any atom is -0.460 e. The molecule has 0 heterocycles. The number of carbonyl (C=O) groups excluding carboxylic acids is 1. The van der Waals surface area contributed by atoms with E-state index in [0.29, 0.717) is 26.0 Å². The van der Waals surface area contributed by atoms with Crippen LogP contribution in [0.4, 0.5) is 0 Å². The van der Waals surface area contributed by atoms with Crippen LogP contribution in [-0.2, 0) is 14.3 Å². The van der Waals surface area contributed by atoms with Crippen molar-refractivity contribution in [1.29, 1.82) is 0 Å². The van der Waals surface area contributed by atoms with Crippen LogP contribution in [0, 0.1) is 10.8 Å². The lowest BCUT2D eigenvalue weighted by molar-refractivity contribution is -0.163. The summed E-state index contributed by atoms with van der Waals surface area (Å²) in [6.07, 6.45) is 3.27. The molecule has 0 saturated carbocycles. The predicted molar refractivity (Wildman–Crippen MR) is 101 cm³/mol. The van der Waals surface area contributed by atoms with Crippen LogP contribution >= 0.6 is 0 Å². The lowest BCUT2D eigenvalue weighted by atomic mass is 9.74. The molecule has 0 bridgehead atoms. The van der Waals surface area contributed by atoms with Crippen molar-refractivity contribution in [2.24, 2.45) is 16.6 Å². The molecule has 0 aromatic heterocycles. The molecule has 0 atom stereocenters. The second-order valence-electron chi connectivity index (χ2n) is 9.52. The van der Waals surface area contributed by atoms with Gasteiger partial charge < -0.3 is 15.2 Å². The van der Waals surface area contributed by atoms with Gasteiger partial charge in [-0.3, -0.25) is 4.79 Å². The fraction of sp³-hybridized carbons (Fsp3) is 0.950. The highest BCUT2D eigenvalue weighted by Crippen LogP contribution is 2.38. The van der Waals surface area contributed by atoms with Gasteiger partial charge in [-0.2, -0.15) is 0 Å². The van der Waals surface area contributed by atoms with E-state index in [2.05, 4.69) is 34.6 Å². The molecule has 0 saturated heterocycles. The van der Waals surface area contributed by atoms with Crippen molar-refractivity contribution in [1.82, 2.24) is 0 Å². The molecule has 0 amide bonds. The third-order valence-electron chi connectivity index (χ3n) is 5.24. The summed E-state index contributed by atoms with van der Waals surface area (Å²) in [5.41, 5.74) is 4.81. The van der Waals surface area contributed by atoms with Gasteiger partial charge in [-0.1, -0.05) is 41.0 Å². The lowest BCUT2D eigenvalue weighted by Crippen LogP contribution is -2.43. The van der Waals surface area contributed by atoms with Crippen molar-refractivity contribution in [2.45, 2.75) is 99.2 Å². The Morgan fingerprint density at radius 1 is 0.958 bits per heavy atom. The Hall–Kier alpha value is -0.610. The molecule has 0 radical (unpaired) electrons. The van der Waals surface area contributed by atoms with E-state index in [0.717, 1.165) is 12.8 Å². The van der Waals surface area contributed by atoms with Crippen LogP contribution < -0.4 is 5.73 Å². The Kier molecular flexibility index (Phi) is 8.44. The molecular weight excluding hydrogens is 302 g/mol. The second kappa shape index (κ2) is 8.66. The highest BCUT2D eigenvalue weighted by Gasteiger charge is 2.37. The zero-order valence-corrected chi connectivity index (χ0v) is 17.5. The molecule has 0 aliphatic heterocycles. The normalized spacial score (nSPS) is 13.9. The van der Waals surface area contributed by atoms with Crippen LogP contribution in [0.15, 0.2) is 0 Å². The maximum Gasteiger partial charge on any atom is 0.306 e. The van der Waals surface area contributed by atoms with E-state index in [1.54, 1.807) is 0 Å². The van der Waals surface area contributed by atoms with Gasteiger partial charge in [0, 0.05) is 6.42 Å². The molecule has 144 valence electrons. The Bertz CT molecular complexity index is 398. The van der Waals surface area contributed by atoms with Gasteiger partial charge >= 0.3 is 5.97 Å². The van der Waals surface area contributed by atoms with E-state index < -0.39 is 5.60 Å². The average molecular weight is 344 g/mol. The molecule has 0 aliphatic rings. The van der Waals surface area contributed by atoms with Gasteiger partial charge in [0.2, 0.25) is 0 Å². The van der Waals surface area contributed by atoms with Gasteiger partial charge in [0.25, 0.3) is 0 Å². The highest BCUT2D eigenvalue weighted by atomic mass is 16.6. The Balaban J connectivity index is 4.50. The summed E-state index contributed by atoms with van der Waals surface area (Å²) in [7, 11) is 0. The first-order valence-corrected chi connectivity index (χ1v) is 9.24. The summed E-state index contributed by atoms with van der Waals surface area (Å²) in [5.74, 6) is -0.193. The standard InChI is InChI=1S/C20H41NO3/c1-10-11-18(4,5)20(8,9)23-13-12-19(6,7)24-16(22)14-17(2,3)15-21/h10-15,21H2,1-9H3. The van der Waals surface area contributed by atoms with Crippen molar-refractivity contribution >= 4 is 5.97 Å². The number of carbonyl (C=O) groups is 1. The first-order valence-electron chi connectivity index (χ1n) is 9.24. The molecule has 0 rings (SSSR count). The van der Waals surface area contributed by atoms with Crippen molar-refractivity contribution in [3.8, 4) is 0 Å². The summed E-state index contributed by atoms with van der Waals surface area (Å²) < 4.78 is 11.8. The summed E-state index contributed by atoms with van der Waals surface area (Å²) >= 11 is 0. The first kappa shape index (κ1) is 23.4. The van der Waals surface area contributed by atoms with E-state index in [1.807, 2.05) is 27.7 Å². The maximum atomic E-state index is 12.1. The van der Waals surface area contributed by atoms with Crippen LogP contribution in [0.5, 0.6) is 0 Å². The van der Waals surface area contributed by atoms with Gasteiger partial charge in [0.1, 0.15) is 5.60 Å². The van der Waals surface area contributed by atoms with Gasteiger partial charge in [-0.25, -0.2) is 0 Å². The molecule has 0 aromatic rings. The largest absolute Gasteiger partial charge is 0.460 e. The zero-order valence-electron chi connectivity index (χ0n) is 17.5. The smallest absolute Gasteiger partial charge is 0.306 e. The summed E-state index contributed by atoms with van der Waals surface area (Å²) in [6.45, 7) is 19.8. The fourth-order valence-electron chi connectivity index (χ4n) is 2.53. The summed E-state index contributed by atoms with van der Waals surface area (Å²) in [4.78, 5) is 12.1. The third kappa shape index (κ3) is 7.98. The van der Waals surface area contributed by atoms with E-state index in [-0.39, 0.29) is 22.4 Å². The fourth-order valence-corrected chi connectivity index (χ4v) is 2.53. The van der Waals surface area contributed by atoms with E-state index in [9.17, 15) is 4.79 Å². The zero-order chi connectivity index (χ0) is 19.2. The predicted octanol–water partition coefficient (Wildman–Crippen LogP) is 4.69.